The van der Waals surface area contributed by atoms with Crippen molar-refractivity contribution in [3.8, 4) is 5.75 Å². The number of anilines is 2. The first-order valence-corrected chi connectivity index (χ1v) is 9.22. The van der Waals surface area contributed by atoms with Crippen LogP contribution in [0.15, 0.2) is 42.5 Å². The quantitative estimate of drug-likeness (QED) is 0.397. The molecule has 1 aliphatic heterocycles. The second-order valence-corrected chi connectivity index (χ2v) is 6.63. The van der Waals surface area contributed by atoms with Gasteiger partial charge in [0.1, 0.15) is 11.6 Å². The molecule has 0 radical (unpaired) electrons. The molecular weight excluding hydrogens is 408 g/mol. The molecule has 0 saturated carbocycles. The zero-order valence-corrected chi connectivity index (χ0v) is 17.7. The van der Waals surface area contributed by atoms with Crippen LogP contribution in [0, 0.1) is 5.41 Å². The van der Waals surface area contributed by atoms with Crippen molar-refractivity contribution in [3.05, 3.63) is 53.6 Å². The molecule has 160 valence electrons. The second kappa shape index (κ2) is 9.98. The zero-order chi connectivity index (χ0) is 21.0. The Labute approximate surface area is 181 Å². The number of esters is 1. The monoisotopic (exact) mass is 432 g/mol. The molecule has 3 N–H and O–H groups in total. The standard InChI is InChI=1S/C21H24N4O4.ClH/c1-28-18-13-14(4-10-19(26)29-2)3-9-17(18)25-12-11-24(21(25)27)16-7-5-15(6-8-16)20(22)23;/h3,5-9,13H,4,10-12H2,1-2H3,(H3,22,23);1H. The number of ether oxygens (including phenoxy) is 2. The molecule has 30 heavy (non-hydrogen) atoms. The first kappa shape index (κ1) is 23.0. The zero-order valence-electron chi connectivity index (χ0n) is 16.9. The van der Waals surface area contributed by atoms with Crippen LogP contribution in [0.2, 0.25) is 0 Å². The van der Waals surface area contributed by atoms with Crippen molar-refractivity contribution in [1.82, 2.24) is 0 Å². The Kier molecular flexibility index (Phi) is 7.66. The van der Waals surface area contributed by atoms with Gasteiger partial charge in [-0.25, -0.2) is 4.79 Å². The van der Waals surface area contributed by atoms with Gasteiger partial charge in [-0.1, -0.05) is 6.07 Å². The first-order chi connectivity index (χ1) is 13.9. The molecule has 2 aromatic carbocycles. The van der Waals surface area contributed by atoms with Crippen LogP contribution in [0.3, 0.4) is 0 Å². The summed E-state index contributed by atoms with van der Waals surface area (Å²) < 4.78 is 10.2. The van der Waals surface area contributed by atoms with E-state index in [1.165, 1.54) is 7.11 Å². The lowest BCUT2D eigenvalue weighted by Gasteiger charge is -2.21. The lowest BCUT2D eigenvalue weighted by molar-refractivity contribution is -0.140. The average molecular weight is 433 g/mol. The highest BCUT2D eigenvalue weighted by Crippen LogP contribution is 2.33. The summed E-state index contributed by atoms with van der Waals surface area (Å²) in [6, 6.07) is 12.4. The van der Waals surface area contributed by atoms with Crippen LogP contribution in [0.4, 0.5) is 16.2 Å². The minimum atomic E-state index is -0.269. The van der Waals surface area contributed by atoms with Crippen molar-refractivity contribution in [3.63, 3.8) is 0 Å². The predicted molar refractivity (Wildman–Crippen MR) is 118 cm³/mol. The molecule has 8 nitrogen and oxygen atoms in total. The Morgan fingerprint density at radius 3 is 2.37 bits per heavy atom. The molecule has 0 aromatic heterocycles. The van der Waals surface area contributed by atoms with E-state index >= 15 is 0 Å². The van der Waals surface area contributed by atoms with Crippen molar-refractivity contribution in [2.24, 2.45) is 5.73 Å². The number of nitrogens with one attached hydrogen (secondary N) is 1. The predicted octanol–water partition coefficient (Wildman–Crippen LogP) is 2.95. The van der Waals surface area contributed by atoms with E-state index in [0.29, 0.717) is 36.5 Å². The molecule has 0 unspecified atom stereocenters. The van der Waals surface area contributed by atoms with Gasteiger partial charge in [0.05, 0.1) is 19.9 Å². The van der Waals surface area contributed by atoms with Gasteiger partial charge in [0.15, 0.2) is 0 Å². The third-order valence-electron chi connectivity index (χ3n) is 4.88. The van der Waals surface area contributed by atoms with Crippen LogP contribution in [0.25, 0.3) is 0 Å². The summed E-state index contributed by atoms with van der Waals surface area (Å²) in [4.78, 5) is 27.7. The van der Waals surface area contributed by atoms with E-state index < -0.39 is 0 Å². The SMILES string of the molecule is COC(=O)CCc1ccc(N2CCN(c3ccc(C(=N)N)cc3)C2=O)c(OC)c1.Cl. The number of carbonyl (C=O) groups is 2. The van der Waals surface area contributed by atoms with E-state index in [1.807, 2.05) is 18.2 Å². The number of halogens is 1. The molecule has 0 aliphatic carbocycles. The topological polar surface area (TPSA) is 109 Å². The molecule has 9 heteroatoms. The summed E-state index contributed by atoms with van der Waals surface area (Å²) in [5.74, 6) is 0.298. The first-order valence-electron chi connectivity index (χ1n) is 9.22. The number of nitrogens with zero attached hydrogens (tertiary/aromatic N) is 2. The maximum absolute atomic E-state index is 13.0. The minimum absolute atomic E-state index is 0. The average Bonchev–Trinajstić information content (AvgIpc) is 3.12. The maximum atomic E-state index is 13.0. The summed E-state index contributed by atoms with van der Waals surface area (Å²) in [5, 5.41) is 7.48. The van der Waals surface area contributed by atoms with Crippen LogP contribution < -0.4 is 20.3 Å². The van der Waals surface area contributed by atoms with Gasteiger partial charge in [-0.3, -0.25) is 20.0 Å². The van der Waals surface area contributed by atoms with Gasteiger partial charge in [0, 0.05) is 30.8 Å². The molecule has 2 aromatic rings. The third-order valence-corrected chi connectivity index (χ3v) is 4.88. The van der Waals surface area contributed by atoms with Crippen LogP contribution in [-0.4, -0.2) is 45.1 Å². The number of nitrogens with two attached hydrogens (primary N) is 1. The highest BCUT2D eigenvalue weighted by Gasteiger charge is 2.32. The van der Waals surface area contributed by atoms with Gasteiger partial charge in [0.2, 0.25) is 0 Å². The minimum Gasteiger partial charge on any atom is -0.495 e. The van der Waals surface area contributed by atoms with Crippen LogP contribution in [0.5, 0.6) is 5.75 Å². The smallest absolute Gasteiger partial charge is 0.329 e. The van der Waals surface area contributed by atoms with E-state index in [-0.39, 0.29) is 36.7 Å². The van der Waals surface area contributed by atoms with Gasteiger partial charge in [-0.15, -0.1) is 12.4 Å². The molecular formula is C21H25ClN4O4. The molecule has 1 aliphatic rings. The lowest BCUT2D eigenvalue weighted by atomic mass is 10.1. The highest BCUT2D eigenvalue weighted by molar-refractivity contribution is 6.07. The van der Waals surface area contributed by atoms with E-state index in [1.54, 1.807) is 41.2 Å². The molecule has 1 saturated heterocycles. The number of nitrogen functional groups attached to an aromatic ring is 1. The molecule has 1 fully saturated rings. The van der Waals surface area contributed by atoms with Crippen molar-refractivity contribution in [2.45, 2.75) is 12.8 Å². The fourth-order valence-corrected chi connectivity index (χ4v) is 3.27. The number of carbonyl (C=O) groups excluding carboxylic acids is 2. The van der Waals surface area contributed by atoms with Gasteiger partial charge in [-0.2, -0.15) is 0 Å². The number of hydrogen-bond donors (Lipinski definition) is 2. The van der Waals surface area contributed by atoms with Gasteiger partial charge in [0.25, 0.3) is 0 Å². The molecule has 1 heterocycles. The molecule has 0 bridgehead atoms. The Morgan fingerprint density at radius 1 is 1.10 bits per heavy atom. The van der Waals surface area contributed by atoms with Crippen LogP contribution >= 0.6 is 12.4 Å². The van der Waals surface area contributed by atoms with Crippen molar-refractivity contribution in [2.75, 3.05) is 37.1 Å². The Morgan fingerprint density at radius 2 is 1.77 bits per heavy atom. The van der Waals surface area contributed by atoms with Crippen LogP contribution in [-0.2, 0) is 16.0 Å². The van der Waals surface area contributed by atoms with Gasteiger partial charge < -0.3 is 15.2 Å². The fourth-order valence-electron chi connectivity index (χ4n) is 3.27. The molecule has 0 spiro atoms. The van der Waals surface area contributed by atoms with Crippen molar-refractivity contribution in [1.29, 1.82) is 5.41 Å². The summed E-state index contributed by atoms with van der Waals surface area (Å²) in [6.45, 7) is 1.05. The molecule has 2 amide bonds. The number of amides is 2. The highest BCUT2D eigenvalue weighted by atomic mass is 35.5. The summed E-state index contributed by atoms with van der Waals surface area (Å²) in [5.41, 5.74) is 8.46. The normalized spacial score (nSPS) is 13.1. The largest absolute Gasteiger partial charge is 0.495 e. The molecule has 3 rings (SSSR count). The van der Waals surface area contributed by atoms with E-state index in [2.05, 4.69) is 4.74 Å². The number of benzene rings is 2. The van der Waals surface area contributed by atoms with Crippen molar-refractivity contribution >= 4 is 41.6 Å². The lowest BCUT2D eigenvalue weighted by Crippen LogP contribution is -2.32. The summed E-state index contributed by atoms with van der Waals surface area (Å²) >= 11 is 0. The van der Waals surface area contributed by atoms with E-state index in [9.17, 15) is 9.59 Å². The number of hydrogen-bond acceptors (Lipinski definition) is 5. The summed E-state index contributed by atoms with van der Waals surface area (Å²) in [6.07, 6.45) is 0.817. The summed E-state index contributed by atoms with van der Waals surface area (Å²) in [7, 11) is 2.92. The molecule has 0 atom stereocenters. The van der Waals surface area contributed by atoms with E-state index in [4.69, 9.17) is 15.9 Å². The Balaban J connectivity index is 0.00000320. The van der Waals surface area contributed by atoms with Gasteiger partial charge >= 0.3 is 12.0 Å². The second-order valence-electron chi connectivity index (χ2n) is 6.63. The van der Waals surface area contributed by atoms with Crippen molar-refractivity contribution < 1.29 is 19.1 Å². The Bertz CT molecular complexity index is 933. The number of amidine groups is 1. The number of urea groups is 1. The maximum Gasteiger partial charge on any atom is 0.329 e. The fraction of sp³-hybridized carbons (Fsp3) is 0.286. The Hall–Kier alpha value is -3.26. The number of rotatable bonds is 7. The van der Waals surface area contributed by atoms with Gasteiger partial charge in [-0.05, 0) is 48.4 Å². The number of methoxy groups -OCH3 is 2. The third kappa shape index (κ3) is 4.83. The number of aryl methyl sites for hydroxylation is 1. The van der Waals surface area contributed by atoms with E-state index in [0.717, 1.165) is 11.3 Å². The van der Waals surface area contributed by atoms with Crippen LogP contribution in [0.1, 0.15) is 17.5 Å².